The molecule has 0 heterocycles. The predicted octanol–water partition coefficient (Wildman–Crippen LogP) is 8.41. The number of carbonyl (C=O) groups is 2. The summed E-state index contributed by atoms with van der Waals surface area (Å²) < 4.78 is 11.1. The van der Waals surface area contributed by atoms with Gasteiger partial charge in [-0.25, -0.2) is 0 Å². The fourth-order valence-corrected chi connectivity index (χ4v) is 4.85. The van der Waals surface area contributed by atoms with Crippen molar-refractivity contribution in [1.29, 1.82) is 0 Å². The first-order chi connectivity index (χ1) is 16.1. The molecule has 33 heavy (non-hydrogen) atoms. The average molecular weight is 467 g/mol. The topological polar surface area (TPSA) is 52.6 Å². The molecule has 1 aliphatic rings. The van der Waals surface area contributed by atoms with E-state index in [2.05, 4.69) is 20.8 Å². The van der Waals surface area contributed by atoms with Crippen molar-refractivity contribution in [3.63, 3.8) is 0 Å². The molecule has 1 aliphatic carbocycles. The Morgan fingerprint density at radius 2 is 1.03 bits per heavy atom. The van der Waals surface area contributed by atoms with Gasteiger partial charge in [-0.3, -0.25) is 9.59 Å². The Labute approximate surface area is 205 Å². The summed E-state index contributed by atoms with van der Waals surface area (Å²) in [4.78, 5) is 25.2. The molecule has 2 atom stereocenters. The van der Waals surface area contributed by atoms with Crippen molar-refractivity contribution in [3.05, 3.63) is 0 Å². The second-order valence-corrected chi connectivity index (χ2v) is 10.6. The second-order valence-electron chi connectivity index (χ2n) is 10.6. The van der Waals surface area contributed by atoms with E-state index in [1.807, 2.05) is 0 Å². The number of hydrogen-bond acceptors (Lipinski definition) is 4. The van der Waals surface area contributed by atoms with Crippen molar-refractivity contribution >= 4 is 11.9 Å². The van der Waals surface area contributed by atoms with Crippen LogP contribution in [-0.2, 0) is 19.1 Å². The molecular formula is C29H54O4. The van der Waals surface area contributed by atoms with Gasteiger partial charge in [0.2, 0.25) is 0 Å². The molecule has 0 spiro atoms. The van der Waals surface area contributed by atoms with Crippen molar-refractivity contribution in [2.75, 3.05) is 13.2 Å². The van der Waals surface area contributed by atoms with Gasteiger partial charge in [0.15, 0.2) is 0 Å². The zero-order valence-electron chi connectivity index (χ0n) is 22.2. The molecule has 0 aliphatic heterocycles. The molecule has 4 nitrogen and oxygen atoms in total. The van der Waals surface area contributed by atoms with Crippen LogP contribution in [-0.4, -0.2) is 25.2 Å². The van der Waals surface area contributed by atoms with Gasteiger partial charge in [0, 0.05) is 0 Å². The van der Waals surface area contributed by atoms with Crippen LogP contribution in [0.1, 0.15) is 143 Å². The Bertz CT molecular complexity index is 488. The van der Waals surface area contributed by atoms with E-state index in [0.717, 1.165) is 57.3 Å². The third kappa shape index (κ3) is 15.5. The number of hydrogen-bond donors (Lipinski definition) is 0. The van der Waals surface area contributed by atoms with Gasteiger partial charge in [-0.1, -0.05) is 117 Å². The van der Waals surface area contributed by atoms with Crippen LogP contribution in [0.5, 0.6) is 0 Å². The quantitative estimate of drug-likeness (QED) is 0.133. The van der Waals surface area contributed by atoms with Gasteiger partial charge in [0.05, 0.1) is 25.0 Å². The molecule has 0 saturated heterocycles. The van der Waals surface area contributed by atoms with Gasteiger partial charge in [-0.15, -0.1) is 0 Å². The molecular weight excluding hydrogens is 412 g/mol. The maximum absolute atomic E-state index is 12.6. The highest BCUT2D eigenvalue weighted by Gasteiger charge is 2.37. The van der Waals surface area contributed by atoms with E-state index in [0.29, 0.717) is 13.2 Å². The van der Waals surface area contributed by atoms with Gasteiger partial charge in [0.25, 0.3) is 0 Å². The summed E-state index contributed by atoms with van der Waals surface area (Å²) in [6.07, 6.45) is 21.8. The minimum absolute atomic E-state index is 0.179. The lowest BCUT2D eigenvalue weighted by atomic mass is 9.79. The van der Waals surface area contributed by atoms with Crippen LogP contribution in [0.4, 0.5) is 0 Å². The van der Waals surface area contributed by atoms with Crippen molar-refractivity contribution in [2.24, 2.45) is 17.8 Å². The molecule has 0 aromatic rings. The molecule has 0 amide bonds. The van der Waals surface area contributed by atoms with E-state index < -0.39 is 0 Å². The lowest BCUT2D eigenvalue weighted by Gasteiger charge is -2.28. The summed E-state index contributed by atoms with van der Waals surface area (Å²) in [6, 6.07) is 0. The number of carbonyl (C=O) groups excluding carboxylic acids is 2. The van der Waals surface area contributed by atoms with E-state index in [9.17, 15) is 9.59 Å². The predicted molar refractivity (Wildman–Crippen MR) is 137 cm³/mol. The zero-order chi connectivity index (χ0) is 24.2. The van der Waals surface area contributed by atoms with Gasteiger partial charge in [-0.2, -0.15) is 0 Å². The third-order valence-electron chi connectivity index (χ3n) is 7.03. The molecule has 0 aromatic heterocycles. The second kappa shape index (κ2) is 20.3. The number of ether oxygens (including phenoxy) is 2. The lowest BCUT2D eigenvalue weighted by molar-refractivity contribution is -0.163. The normalized spacial score (nSPS) is 18.4. The highest BCUT2D eigenvalue weighted by molar-refractivity contribution is 5.82. The monoisotopic (exact) mass is 466 g/mol. The summed E-state index contributed by atoms with van der Waals surface area (Å²) in [7, 11) is 0. The molecule has 4 heteroatoms. The smallest absolute Gasteiger partial charge is 0.309 e. The number of rotatable bonds is 20. The Kier molecular flexibility index (Phi) is 18.5. The standard InChI is InChI=1S/C29H54O4/c1-4-5-6-7-13-18-23-32-28(30)26-21-16-17-22-27(26)29(31)33-24-19-14-11-9-8-10-12-15-20-25(2)3/h25-27H,4-24H2,1-3H3. The van der Waals surface area contributed by atoms with Crippen molar-refractivity contribution in [2.45, 2.75) is 143 Å². The fourth-order valence-electron chi connectivity index (χ4n) is 4.85. The largest absolute Gasteiger partial charge is 0.465 e. The zero-order valence-corrected chi connectivity index (χ0v) is 22.2. The van der Waals surface area contributed by atoms with E-state index in [1.165, 1.54) is 70.6 Å². The maximum Gasteiger partial charge on any atom is 0.309 e. The highest BCUT2D eigenvalue weighted by Crippen LogP contribution is 2.32. The number of unbranched alkanes of at least 4 members (excludes halogenated alkanes) is 12. The summed E-state index contributed by atoms with van der Waals surface area (Å²) in [6.45, 7) is 7.78. The average Bonchev–Trinajstić information content (AvgIpc) is 2.81. The SMILES string of the molecule is CCCCCCCCOC(=O)C1CCCCC1C(=O)OCCCCCCCCCCC(C)C. The van der Waals surface area contributed by atoms with Gasteiger partial charge in [-0.05, 0) is 31.6 Å². The van der Waals surface area contributed by atoms with Gasteiger partial charge < -0.3 is 9.47 Å². The number of esters is 2. The molecule has 0 radical (unpaired) electrons. The van der Waals surface area contributed by atoms with Gasteiger partial charge >= 0.3 is 11.9 Å². The first-order valence-corrected chi connectivity index (χ1v) is 14.4. The molecule has 1 saturated carbocycles. The Balaban J connectivity index is 2.11. The molecule has 1 rings (SSSR count). The molecule has 2 unspecified atom stereocenters. The lowest BCUT2D eigenvalue weighted by Crippen LogP contribution is -2.35. The Hall–Kier alpha value is -1.06. The van der Waals surface area contributed by atoms with E-state index >= 15 is 0 Å². The van der Waals surface area contributed by atoms with Crippen LogP contribution in [0.3, 0.4) is 0 Å². The van der Waals surface area contributed by atoms with Crippen LogP contribution >= 0.6 is 0 Å². The van der Waals surface area contributed by atoms with Crippen LogP contribution in [0.2, 0.25) is 0 Å². The van der Waals surface area contributed by atoms with Crippen molar-refractivity contribution in [3.8, 4) is 0 Å². The minimum Gasteiger partial charge on any atom is -0.465 e. The van der Waals surface area contributed by atoms with E-state index in [1.54, 1.807) is 0 Å². The molecule has 0 N–H and O–H groups in total. The fraction of sp³-hybridized carbons (Fsp3) is 0.931. The summed E-state index contributed by atoms with van der Waals surface area (Å²) >= 11 is 0. The third-order valence-corrected chi connectivity index (χ3v) is 7.03. The first-order valence-electron chi connectivity index (χ1n) is 14.4. The highest BCUT2D eigenvalue weighted by atomic mass is 16.5. The first kappa shape index (κ1) is 30.0. The van der Waals surface area contributed by atoms with Crippen LogP contribution in [0, 0.1) is 17.8 Å². The van der Waals surface area contributed by atoms with E-state index in [-0.39, 0.29) is 23.8 Å². The molecule has 1 fully saturated rings. The van der Waals surface area contributed by atoms with Crippen molar-refractivity contribution in [1.82, 2.24) is 0 Å². The molecule has 0 aromatic carbocycles. The molecule has 194 valence electrons. The van der Waals surface area contributed by atoms with Crippen LogP contribution in [0.15, 0.2) is 0 Å². The Morgan fingerprint density at radius 1 is 0.636 bits per heavy atom. The van der Waals surface area contributed by atoms with E-state index in [4.69, 9.17) is 9.47 Å². The Morgan fingerprint density at radius 3 is 1.45 bits per heavy atom. The molecule has 0 bridgehead atoms. The van der Waals surface area contributed by atoms with Crippen LogP contribution < -0.4 is 0 Å². The van der Waals surface area contributed by atoms with Gasteiger partial charge in [0.1, 0.15) is 0 Å². The maximum atomic E-state index is 12.6. The van der Waals surface area contributed by atoms with Crippen LogP contribution in [0.25, 0.3) is 0 Å². The summed E-state index contributed by atoms with van der Waals surface area (Å²) in [5.41, 5.74) is 0. The summed E-state index contributed by atoms with van der Waals surface area (Å²) in [5.74, 6) is -0.143. The summed E-state index contributed by atoms with van der Waals surface area (Å²) in [5, 5.41) is 0. The minimum atomic E-state index is -0.304. The van der Waals surface area contributed by atoms with Crippen molar-refractivity contribution < 1.29 is 19.1 Å².